The summed E-state index contributed by atoms with van der Waals surface area (Å²) in [5, 5.41) is 7.88. The van der Waals surface area contributed by atoms with Gasteiger partial charge in [-0.1, -0.05) is 19.0 Å². The summed E-state index contributed by atoms with van der Waals surface area (Å²) < 4.78 is 46.9. The van der Waals surface area contributed by atoms with Gasteiger partial charge in [-0.15, -0.1) is 0 Å². The minimum Gasteiger partial charge on any atom is -0.359 e. The van der Waals surface area contributed by atoms with Gasteiger partial charge >= 0.3 is 6.18 Å². The van der Waals surface area contributed by atoms with E-state index in [2.05, 4.69) is 10.3 Å². The van der Waals surface area contributed by atoms with E-state index in [4.69, 9.17) is 4.52 Å². The number of carbonyl (C=O) groups excluding carboxylic acids is 1. The Labute approximate surface area is 167 Å². The largest absolute Gasteiger partial charge is 0.435 e. The minimum absolute atomic E-state index is 0.180. The molecule has 3 heterocycles. The third-order valence-electron chi connectivity index (χ3n) is 5.85. The maximum atomic E-state index is 13.4. The Balaban J connectivity index is 1.56. The van der Waals surface area contributed by atoms with E-state index in [1.54, 1.807) is 4.90 Å². The van der Waals surface area contributed by atoms with Crippen LogP contribution in [0.5, 0.6) is 0 Å². The van der Waals surface area contributed by atoms with Gasteiger partial charge in [-0.05, 0) is 44.4 Å². The molecule has 0 unspecified atom stereocenters. The van der Waals surface area contributed by atoms with Gasteiger partial charge in [0.25, 0.3) is 0 Å². The summed E-state index contributed by atoms with van der Waals surface area (Å²) in [6.07, 6.45) is -0.516. The van der Waals surface area contributed by atoms with Crippen LogP contribution in [0, 0.1) is 0 Å². The van der Waals surface area contributed by atoms with Crippen molar-refractivity contribution in [2.75, 3.05) is 6.54 Å². The number of likely N-dealkylation sites (tertiary alicyclic amines) is 1. The molecule has 1 atom stereocenters. The van der Waals surface area contributed by atoms with E-state index in [0.717, 1.165) is 25.0 Å². The number of hydrogen-bond acceptors (Lipinski definition) is 4. The maximum absolute atomic E-state index is 13.4. The highest BCUT2D eigenvalue weighted by molar-refractivity contribution is 5.77. The van der Waals surface area contributed by atoms with Crippen molar-refractivity contribution in [2.45, 2.75) is 77.1 Å². The van der Waals surface area contributed by atoms with E-state index in [-0.39, 0.29) is 30.0 Å². The highest BCUT2D eigenvalue weighted by atomic mass is 19.4. The second-order valence-electron chi connectivity index (χ2n) is 8.19. The van der Waals surface area contributed by atoms with E-state index in [9.17, 15) is 18.0 Å². The second kappa shape index (κ2) is 7.50. The van der Waals surface area contributed by atoms with Gasteiger partial charge in [0.2, 0.25) is 5.91 Å². The number of nitrogens with zero attached hydrogens (tertiary/aromatic N) is 4. The molecule has 0 spiro atoms. The molecule has 0 aromatic carbocycles. The van der Waals surface area contributed by atoms with E-state index in [1.165, 1.54) is 4.68 Å². The average molecular weight is 410 g/mol. The monoisotopic (exact) mass is 410 g/mol. The Morgan fingerprint density at radius 3 is 2.72 bits per heavy atom. The van der Waals surface area contributed by atoms with Gasteiger partial charge in [0.15, 0.2) is 11.5 Å². The zero-order valence-electron chi connectivity index (χ0n) is 16.6. The molecule has 1 saturated heterocycles. The topological polar surface area (TPSA) is 64.2 Å². The van der Waals surface area contributed by atoms with Crippen LogP contribution < -0.4 is 0 Å². The van der Waals surface area contributed by atoms with Crippen LogP contribution in [-0.4, -0.2) is 32.3 Å². The van der Waals surface area contributed by atoms with Crippen molar-refractivity contribution in [1.29, 1.82) is 0 Å². The summed E-state index contributed by atoms with van der Waals surface area (Å²) in [4.78, 5) is 14.7. The highest BCUT2D eigenvalue weighted by Gasteiger charge is 2.40. The van der Waals surface area contributed by atoms with E-state index in [0.29, 0.717) is 37.3 Å². The average Bonchev–Trinajstić information content (AvgIpc) is 3.39. The molecule has 0 N–H and O–H groups in total. The summed E-state index contributed by atoms with van der Waals surface area (Å²) in [7, 11) is 0. The predicted octanol–water partition coefficient (Wildman–Crippen LogP) is 4.26. The smallest absolute Gasteiger partial charge is 0.359 e. The van der Waals surface area contributed by atoms with Crippen molar-refractivity contribution < 1.29 is 22.5 Å². The second-order valence-corrected chi connectivity index (χ2v) is 8.19. The number of halogens is 3. The molecule has 1 amide bonds. The van der Waals surface area contributed by atoms with E-state index < -0.39 is 11.9 Å². The lowest BCUT2D eigenvalue weighted by Crippen LogP contribution is -2.34. The molecule has 1 fully saturated rings. The molecule has 1 aliphatic heterocycles. The molecule has 6 nitrogen and oxygen atoms in total. The third kappa shape index (κ3) is 3.79. The van der Waals surface area contributed by atoms with Crippen molar-refractivity contribution in [1.82, 2.24) is 19.8 Å². The lowest BCUT2D eigenvalue weighted by atomic mass is 9.95. The number of alkyl halides is 3. The lowest BCUT2D eigenvalue weighted by Gasteiger charge is -2.23. The minimum atomic E-state index is -4.50. The molecule has 0 saturated carbocycles. The van der Waals surface area contributed by atoms with Crippen molar-refractivity contribution in [3.63, 3.8) is 0 Å². The maximum Gasteiger partial charge on any atom is 0.435 e. The first-order chi connectivity index (χ1) is 13.8. The van der Waals surface area contributed by atoms with Crippen molar-refractivity contribution in [3.05, 3.63) is 34.5 Å². The summed E-state index contributed by atoms with van der Waals surface area (Å²) in [6, 6.07) is 1.65. The number of amides is 1. The lowest BCUT2D eigenvalue weighted by molar-refractivity contribution is -0.142. The van der Waals surface area contributed by atoms with Crippen LogP contribution in [0.1, 0.15) is 79.9 Å². The zero-order chi connectivity index (χ0) is 20.8. The number of aromatic nitrogens is 3. The molecule has 2 aromatic heterocycles. The van der Waals surface area contributed by atoms with Crippen LogP contribution in [0.15, 0.2) is 10.6 Å². The molecule has 0 radical (unpaired) electrons. The summed E-state index contributed by atoms with van der Waals surface area (Å²) in [5.74, 6) is 0.618. The molecule has 2 aliphatic rings. The van der Waals surface area contributed by atoms with Crippen LogP contribution in [0.2, 0.25) is 0 Å². The first kappa shape index (κ1) is 20.0. The molecule has 0 bridgehead atoms. The van der Waals surface area contributed by atoms with Crippen LogP contribution in [-0.2, 0) is 30.4 Å². The summed E-state index contributed by atoms with van der Waals surface area (Å²) >= 11 is 0. The van der Waals surface area contributed by atoms with Gasteiger partial charge < -0.3 is 9.42 Å². The standard InChI is InChI=1S/C20H25F3N4O2/c1-12(2)14-10-17(29-25-14)16-8-5-9-26(16)18(28)11-27-15-7-4-3-6-13(15)19(24-27)20(21,22)23/h10,12,16H,3-9,11H2,1-2H3/t16-/m0/s1. The number of rotatable bonds is 4. The first-order valence-electron chi connectivity index (χ1n) is 10.2. The fourth-order valence-corrected chi connectivity index (χ4v) is 4.34. The molecular weight excluding hydrogens is 385 g/mol. The molecule has 2 aromatic rings. The van der Waals surface area contributed by atoms with Crippen LogP contribution in [0.25, 0.3) is 0 Å². The van der Waals surface area contributed by atoms with Gasteiger partial charge in [-0.2, -0.15) is 18.3 Å². The van der Waals surface area contributed by atoms with E-state index in [1.807, 2.05) is 19.9 Å². The number of fused-ring (bicyclic) bond motifs is 1. The van der Waals surface area contributed by atoms with Crippen molar-refractivity contribution >= 4 is 5.91 Å². The van der Waals surface area contributed by atoms with Gasteiger partial charge in [-0.3, -0.25) is 9.48 Å². The Morgan fingerprint density at radius 2 is 2.03 bits per heavy atom. The Bertz CT molecular complexity index is 900. The summed E-state index contributed by atoms with van der Waals surface area (Å²) in [6.45, 7) is 4.40. The Hall–Kier alpha value is -2.32. The Kier molecular flexibility index (Phi) is 5.16. The van der Waals surface area contributed by atoms with Gasteiger partial charge in [0.1, 0.15) is 6.54 Å². The van der Waals surface area contributed by atoms with E-state index >= 15 is 0 Å². The van der Waals surface area contributed by atoms with Crippen molar-refractivity contribution in [3.8, 4) is 0 Å². The quantitative estimate of drug-likeness (QED) is 0.756. The predicted molar refractivity (Wildman–Crippen MR) is 98.2 cm³/mol. The number of hydrogen-bond donors (Lipinski definition) is 0. The van der Waals surface area contributed by atoms with Crippen LogP contribution in [0.4, 0.5) is 13.2 Å². The van der Waals surface area contributed by atoms with Crippen LogP contribution >= 0.6 is 0 Å². The number of carbonyl (C=O) groups is 1. The molecule has 158 valence electrons. The molecule has 29 heavy (non-hydrogen) atoms. The zero-order valence-corrected chi connectivity index (χ0v) is 16.6. The van der Waals surface area contributed by atoms with Crippen molar-refractivity contribution in [2.24, 2.45) is 0 Å². The molecule has 1 aliphatic carbocycles. The van der Waals surface area contributed by atoms with Gasteiger partial charge in [-0.25, -0.2) is 0 Å². The van der Waals surface area contributed by atoms with Crippen LogP contribution in [0.3, 0.4) is 0 Å². The fraction of sp³-hybridized carbons (Fsp3) is 0.650. The molecule has 4 rings (SSSR count). The van der Waals surface area contributed by atoms with Gasteiger partial charge in [0.05, 0.1) is 11.7 Å². The fourth-order valence-electron chi connectivity index (χ4n) is 4.34. The normalized spacial score (nSPS) is 19.8. The first-order valence-corrected chi connectivity index (χ1v) is 10.2. The van der Waals surface area contributed by atoms with Gasteiger partial charge in [0, 0.05) is 23.9 Å². The molecular formula is C20H25F3N4O2. The summed E-state index contributed by atoms with van der Waals surface area (Å²) in [5.41, 5.74) is 0.797. The Morgan fingerprint density at radius 1 is 1.28 bits per heavy atom. The third-order valence-corrected chi connectivity index (χ3v) is 5.85. The SMILES string of the molecule is CC(C)c1cc([C@@H]2CCCN2C(=O)Cn2nc(C(F)(F)F)c3c2CCCC3)on1. The molecule has 9 heteroatoms. The highest BCUT2D eigenvalue weighted by Crippen LogP contribution is 2.37.